The van der Waals surface area contributed by atoms with Gasteiger partial charge < -0.3 is 19.7 Å². The summed E-state index contributed by atoms with van der Waals surface area (Å²) in [5, 5.41) is 17.7. The Bertz CT molecular complexity index is 1010. The first-order chi connectivity index (χ1) is 14.3. The maximum atomic E-state index is 12.1. The lowest BCUT2D eigenvalue weighted by atomic mass is 10.1. The molecule has 0 saturated carbocycles. The molecule has 2 N–H and O–H groups in total. The van der Waals surface area contributed by atoms with Crippen molar-refractivity contribution in [2.75, 3.05) is 0 Å². The molecule has 8 heteroatoms. The van der Waals surface area contributed by atoms with Gasteiger partial charge in [0.15, 0.2) is 0 Å². The average molecular weight is 406 g/mol. The Morgan fingerprint density at radius 1 is 0.467 bits per heavy atom. The maximum absolute atomic E-state index is 12.1. The van der Waals surface area contributed by atoms with Crippen LogP contribution in [0.3, 0.4) is 0 Å². The van der Waals surface area contributed by atoms with E-state index in [0.717, 1.165) is 0 Å². The van der Waals surface area contributed by atoms with Crippen LogP contribution in [0.5, 0.6) is 11.5 Å². The molecule has 0 fully saturated rings. The van der Waals surface area contributed by atoms with E-state index in [-0.39, 0.29) is 33.8 Å². The minimum absolute atomic E-state index is 0.0512. The number of carboxylic acids is 2. The molecule has 0 heterocycles. The molecule has 8 nitrogen and oxygen atoms in total. The van der Waals surface area contributed by atoms with Crippen molar-refractivity contribution in [1.82, 2.24) is 0 Å². The normalized spacial score (nSPS) is 10.1. The van der Waals surface area contributed by atoms with Gasteiger partial charge in [-0.1, -0.05) is 0 Å². The number of aromatic carboxylic acids is 2. The molecule has 0 atom stereocenters. The van der Waals surface area contributed by atoms with Gasteiger partial charge in [0, 0.05) is 0 Å². The highest BCUT2D eigenvalue weighted by molar-refractivity contribution is 5.94. The van der Waals surface area contributed by atoms with Crippen molar-refractivity contribution in [3.8, 4) is 11.5 Å². The van der Waals surface area contributed by atoms with E-state index in [1.165, 1.54) is 72.8 Å². The first-order valence-corrected chi connectivity index (χ1v) is 8.54. The van der Waals surface area contributed by atoms with E-state index in [1.807, 2.05) is 0 Å². The maximum Gasteiger partial charge on any atom is 0.343 e. The molecule has 0 bridgehead atoms. The van der Waals surface area contributed by atoms with Gasteiger partial charge in [-0.2, -0.15) is 0 Å². The number of carbonyl (C=O) groups excluding carboxylic acids is 2. The first kappa shape index (κ1) is 20.3. The Hall–Kier alpha value is -4.46. The predicted molar refractivity (Wildman–Crippen MR) is 103 cm³/mol. The van der Waals surface area contributed by atoms with Crippen molar-refractivity contribution in [3.63, 3.8) is 0 Å². The van der Waals surface area contributed by atoms with E-state index in [1.54, 1.807) is 0 Å². The Morgan fingerprint density at radius 3 is 1.00 bits per heavy atom. The third-order valence-corrected chi connectivity index (χ3v) is 3.98. The van der Waals surface area contributed by atoms with Crippen LogP contribution in [0.2, 0.25) is 0 Å². The molecule has 0 amide bonds. The molecule has 0 aliphatic rings. The quantitative estimate of drug-likeness (QED) is 0.470. The molecule has 3 rings (SSSR count). The van der Waals surface area contributed by atoms with Crippen molar-refractivity contribution in [1.29, 1.82) is 0 Å². The number of carbonyl (C=O) groups is 4. The summed E-state index contributed by atoms with van der Waals surface area (Å²) in [6.45, 7) is 0. The van der Waals surface area contributed by atoms with Crippen LogP contribution in [-0.4, -0.2) is 34.1 Å². The van der Waals surface area contributed by atoms with Crippen LogP contribution in [0.25, 0.3) is 0 Å². The predicted octanol–water partition coefficient (Wildman–Crippen LogP) is 3.52. The number of esters is 2. The summed E-state index contributed by atoms with van der Waals surface area (Å²) in [7, 11) is 0. The van der Waals surface area contributed by atoms with E-state index in [9.17, 15) is 19.2 Å². The number of ether oxygens (including phenoxy) is 2. The van der Waals surface area contributed by atoms with Crippen LogP contribution in [-0.2, 0) is 0 Å². The number of carboxylic acid groups (broad SMARTS) is 2. The number of hydrogen-bond acceptors (Lipinski definition) is 6. The van der Waals surface area contributed by atoms with Gasteiger partial charge in [-0.05, 0) is 72.8 Å². The summed E-state index contributed by atoms with van der Waals surface area (Å²) in [5.74, 6) is -3.14. The summed E-state index contributed by atoms with van der Waals surface area (Å²) in [4.78, 5) is 45.9. The van der Waals surface area contributed by atoms with Gasteiger partial charge in [0.25, 0.3) is 0 Å². The molecule has 0 radical (unpaired) electrons. The zero-order valence-corrected chi connectivity index (χ0v) is 15.3. The molecule has 30 heavy (non-hydrogen) atoms. The molecule has 0 aromatic heterocycles. The van der Waals surface area contributed by atoms with E-state index < -0.39 is 23.9 Å². The van der Waals surface area contributed by atoms with E-state index in [0.29, 0.717) is 0 Å². The number of rotatable bonds is 6. The van der Waals surface area contributed by atoms with Gasteiger partial charge in [0.05, 0.1) is 22.3 Å². The molecule has 0 spiro atoms. The van der Waals surface area contributed by atoms with Gasteiger partial charge in [-0.3, -0.25) is 0 Å². The zero-order chi connectivity index (χ0) is 21.7. The van der Waals surface area contributed by atoms with Gasteiger partial charge in [0.2, 0.25) is 0 Å². The van der Waals surface area contributed by atoms with E-state index >= 15 is 0 Å². The van der Waals surface area contributed by atoms with Crippen LogP contribution in [0, 0.1) is 0 Å². The van der Waals surface area contributed by atoms with Gasteiger partial charge in [0.1, 0.15) is 11.5 Å². The minimum atomic E-state index is -1.10. The lowest BCUT2D eigenvalue weighted by Crippen LogP contribution is -2.10. The number of benzene rings is 3. The SMILES string of the molecule is O=C(O)c1ccc(C(=O)Oc2ccc(OC(=O)c3ccc(C(=O)O)cc3)cc2)cc1. The third kappa shape index (κ3) is 4.87. The first-order valence-electron chi connectivity index (χ1n) is 8.54. The molecule has 0 unspecified atom stereocenters. The summed E-state index contributed by atoms with van der Waals surface area (Å²) >= 11 is 0. The summed E-state index contributed by atoms with van der Waals surface area (Å²) in [6, 6.07) is 16.3. The van der Waals surface area contributed by atoms with Crippen molar-refractivity contribution >= 4 is 23.9 Å². The van der Waals surface area contributed by atoms with Gasteiger partial charge >= 0.3 is 23.9 Å². The second-order valence-electron chi connectivity index (χ2n) is 6.02. The summed E-state index contributed by atoms with van der Waals surface area (Å²) in [6.07, 6.45) is 0. The van der Waals surface area contributed by atoms with E-state index in [4.69, 9.17) is 19.7 Å². The second kappa shape index (κ2) is 8.70. The molecule has 0 saturated heterocycles. The zero-order valence-electron chi connectivity index (χ0n) is 15.3. The second-order valence-corrected chi connectivity index (χ2v) is 6.02. The van der Waals surface area contributed by atoms with Crippen molar-refractivity contribution < 1.29 is 38.9 Å². The number of hydrogen-bond donors (Lipinski definition) is 2. The molecular weight excluding hydrogens is 392 g/mol. The topological polar surface area (TPSA) is 127 Å². The Kier molecular flexibility index (Phi) is 5.88. The molecule has 3 aromatic carbocycles. The summed E-state index contributed by atoms with van der Waals surface area (Å²) < 4.78 is 10.4. The van der Waals surface area contributed by atoms with Crippen LogP contribution in [0.4, 0.5) is 0 Å². The monoisotopic (exact) mass is 406 g/mol. The molecule has 150 valence electrons. The standard InChI is InChI=1S/C22H14O8/c23-19(24)13-1-5-15(6-2-13)21(27)29-17-9-11-18(12-10-17)30-22(28)16-7-3-14(4-8-16)20(25)26/h1-12H,(H,23,24)(H,25,26). The fourth-order valence-electron chi connectivity index (χ4n) is 2.41. The van der Waals surface area contributed by atoms with Gasteiger partial charge in [-0.15, -0.1) is 0 Å². The van der Waals surface area contributed by atoms with Gasteiger partial charge in [-0.25, -0.2) is 19.2 Å². The minimum Gasteiger partial charge on any atom is -0.478 e. The van der Waals surface area contributed by atoms with Crippen molar-refractivity contribution in [3.05, 3.63) is 95.1 Å². The molecular formula is C22H14O8. The largest absolute Gasteiger partial charge is 0.478 e. The fourth-order valence-corrected chi connectivity index (χ4v) is 2.41. The Labute approximate surface area is 169 Å². The van der Waals surface area contributed by atoms with Crippen molar-refractivity contribution in [2.45, 2.75) is 0 Å². The summed E-state index contributed by atoms with van der Waals surface area (Å²) in [5.41, 5.74) is 0.464. The lowest BCUT2D eigenvalue weighted by Gasteiger charge is -2.07. The van der Waals surface area contributed by atoms with Crippen LogP contribution >= 0.6 is 0 Å². The highest BCUT2D eigenvalue weighted by Gasteiger charge is 2.12. The van der Waals surface area contributed by atoms with Crippen LogP contribution in [0.15, 0.2) is 72.8 Å². The highest BCUT2D eigenvalue weighted by Crippen LogP contribution is 2.20. The Balaban J connectivity index is 1.61. The van der Waals surface area contributed by atoms with E-state index in [2.05, 4.69) is 0 Å². The molecule has 3 aromatic rings. The average Bonchev–Trinajstić information content (AvgIpc) is 2.75. The molecule has 0 aliphatic carbocycles. The van der Waals surface area contributed by atoms with Crippen LogP contribution in [0.1, 0.15) is 41.4 Å². The Morgan fingerprint density at radius 2 is 0.733 bits per heavy atom. The molecule has 0 aliphatic heterocycles. The van der Waals surface area contributed by atoms with Crippen molar-refractivity contribution in [2.24, 2.45) is 0 Å². The smallest absolute Gasteiger partial charge is 0.343 e. The van der Waals surface area contributed by atoms with Crippen LogP contribution < -0.4 is 9.47 Å². The third-order valence-electron chi connectivity index (χ3n) is 3.98. The highest BCUT2D eigenvalue weighted by atomic mass is 16.5. The lowest BCUT2D eigenvalue weighted by molar-refractivity contribution is 0.0685. The fraction of sp³-hybridized carbons (Fsp3) is 0.